The number of hydrogen-bond acceptors (Lipinski definition) is 4. The minimum absolute atomic E-state index is 0.0203. The molecule has 1 atom stereocenters. The van der Waals surface area contributed by atoms with Crippen molar-refractivity contribution < 1.29 is 4.79 Å². The van der Waals surface area contributed by atoms with Crippen molar-refractivity contribution in [3.05, 3.63) is 69.6 Å². The van der Waals surface area contributed by atoms with Crippen molar-refractivity contribution >= 4 is 33.0 Å². The molecule has 0 saturated heterocycles. The number of nitrogens with zero attached hydrogens (tertiary/aromatic N) is 3. The zero-order valence-corrected chi connectivity index (χ0v) is 16.7. The van der Waals surface area contributed by atoms with Crippen molar-refractivity contribution in [2.45, 2.75) is 39.3 Å². The fourth-order valence-corrected chi connectivity index (χ4v) is 4.30. The fourth-order valence-electron chi connectivity index (χ4n) is 3.49. The van der Waals surface area contributed by atoms with Gasteiger partial charge in [0.15, 0.2) is 0 Å². The van der Waals surface area contributed by atoms with E-state index in [1.54, 1.807) is 11.3 Å². The second-order valence-electron chi connectivity index (χ2n) is 7.04. The van der Waals surface area contributed by atoms with Gasteiger partial charge < -0.3 is 5.32 Å². The van der Waals surface area contributed by atoms with Crippen LogP contribution in [0.5, 0.6) is 0 Å². The maximum Gasteiger partial charge on any atom is 0.291 e. The molecule has 0 aliphatic rings. The van der Waals surface area contributed by atoms with Crippen LogP contribution in [0.3, 0.4) is 0 Å². The summed E-state index contributed by atoms with van der Waals surface area (Å²) in [6, 6.07) is 14.1. The fraction of sp³-hybridized carbons (Fsp3) is 0.286. The lowest BCUT2D eigenvalue weighted by Crippen LogP contribution is -2.39. The molecule has 0 fully saturated rings. The van der Waals surface area contributed by atoms with Crippen molar-refractivity contribution in [1.82, 2.24) is 19.5 Å². The smallest absolute Gasteiger partial charge is 0.291 e. The van der Waals surface area contributed by atoms with E-state index in [4.69, 9.17) is 0 Å². The average molecular weight is 395 g/mol. The Morgan fingerprint density at radius 1 is 1.21 bits per heavy atom. The molecule has 1 amide bonds. The second-order valence-corrected chi connectivity index (χ2v) is 7.99. The molecular weight excluding hydrogens is 372 g/mol. The third-order valence-electron chi connectivity index (χ3n) is 4.88. The summed E-state index contributed by atoms with van der Waals surface area (Å²) in [6.45, 7) is 3.75. The molecule has 0 aliphatic carbocycles. The zero-order chi connectivity index (χ0) is 19.7. The van der Waals surface area contributed by atoms with Gasteiger partial charge in [-0.05, 0) is 49.8 Å². The first-order valence-electron chi connectivity index (χ1n) is 9.32. The number of amides is 1. The molecule has 1 N–H and O–H groups in total. The summed E-state index contributed by atoms with van der Waals surface area (Å²) < 4.78 is 4.15. The highest BCUT2D eigenvalue weighted by molar-refractivity contribution is 7.17. The van der Waals surface area contributed by atoms with Crippen LogP contribution < -0.4 is 10.9 Å². The van der Waals surface area contributed by atoms with E-state index in [1.807, 2.05) is 54.0 Å². The van der Waals surface area contributed by atoms with Crippen LogP contribution in [0.1, 0.15) is 24.7 Å². The maximum absolute atomic E-state index is 12.8. The molecule has 4 aromatic rings. The Morgan fingerprint density at radius 3 is 2.79 bits per heavy atom. The summed E-state index contributed by atoms with van der Waals surface area (Å²) in [5.41, 5.74) is 2.53. The Balaban J connectivity index is 1.46. The highest BCUT2D eigenvalue weighted by atomic mass is 32.1. The number of carbonyl (C=O) groups excluding carboxylic acids is 1. The molecule has 0 bridgehead atoms. The standard InChI is InChI=1S/C21H22N4O2S/c1-14(8-9-16-6-4-3-5-7-16)22-20(26)13-24-21(27)18-12-19-17(10-11-28-19)25(18)15(2)23-24/h3-7,10-12,14H,8-9,13H2,1-2H3,(H,22,26)/t14-/m1/s1. The molecule has 144 valence electrons. The van der Waals surface area contributed by atoms with Gasteiger partial charge in [-0.1, -0.05) is 30.3 Å². The van der Waals surface area contributed by atoms with Gasteiger partial charge in [-0.25, -0.2) is 4.68 Å². The molecule has 7 heteroatoms. The lowest BCUT2D eigenvalue weighted by Gasteiger charge is -2.14. The van der Waals surface area contributed by atoms with E-state index >= 15 is 0 Å². The van der Waals surface area contributed by atoms with E-state index in [0.717, 1.165) is 23.1 Å². The largest absolute Gasteiger partial charge is 0.352 e. The van der Waals surface area contributed by atoms with Gasteiger partial charge in [-0.15, -0.1) is 11.3 Å². The lowest BCUT2D eigenvalue weighted by molar-refractivity contribution is -0.122. The van der Waals surface area contributed by atoms with E-state index in [0.29, 0.717) is 11.3 Å². The normalized spacial score (nSPS) is 12.5. The van der Waals surface area contributed by atoms with Crippen molar-refractivity contribution in [2.75, 3.05) is 0 Å². The van der Waals surface area contributed by atoms with Crippen molar-refractivity contribution in [3.63, 3.8) is 0 Å². The minimum Gasteiger partial charge on any atom is -0.352 e. The Hall–Kier alpha value is -2.93. The predicted molar refractivity (Wildman–Crippen MR) is 112 cm³/mol. The van der Waals surface area contributed by atoms with Gasteiger partial charge in [0, 0.05) is 6.04 Å². The third-order valence-corrected chi connectivity index (χ3v) is 5.73. The first-order chi connectivity index (χ1) is 13.5. The van der Waals surface area contributed by atoms with Crippen LogP contribution in [0.15, 0.2) is 52.6 Å². The van der Waals surface area contributed by atoms with Crippen LogP contribution in [0.25, 0.3) is 15.7 Å². The van der Waals surface area contributed by atoms with Crippen LogP contribution in [-0.4, -0.2) is 26.1 Å². The number of aryl methyl sites for hydroxylation is 2. The highest BCUT2D eigenvalue weighted by Gasteiger charge is 2.15. The summed E-state index contributed by atoms with van der Waals surface area (Å²) >= 11 is 1.59. The molecule has 0 spiro atoms. The number of carbonyl (C=O) groups is 1. The third kappa shape index (κ3) is 3.57. The molecule has 4 rings (SSSR count). The number of benzene rings is 1. The molecule has 0 unspecified atom stereocenters. The zero-order valence-electron chi connectivity index (χ0n) is 15.9. The van der Waals surface area contributed by atoms with Gasteiger partial charge in [-0.3, -0.25) is 14.0 Å². The summed E-state index contributed by atoms with van der Waals surface area (Å²) in [5, 5.41) is 9.32. The Kier molecular flexibility index (Phi) is 5.00. The average Bonchev–Trinajstić information content (AvgIpc) is 3.26. The monoisotopic (exact) mass is 394 g/mol. The number of fused-ring (bicyclic) bond motifs is 3. The molecule has 28 heavy (non-hydrogen) atoms. The minimum atomic E-state index is -0.249. The van der Waals surface area contributed by atoms with Crippen LogP contribution >= 0.6 is 11.3 Å². The van der Waals surface area contributed by atoms with Crippen molar-refractivity contribution in [1.29, 1.82) is 0 Å². The van der Waals surface area contributed by atoms with Gasteiger partial charge in [-0.2, -0.15) is 5.10 Å². The highest BCUT2D eigenvalue weighted by Crippen LogP contribution is 2.24. The molecule has 0 radical (unpaired) electrons. The molecule has 6 nitrogen and oxygen atoms in total. The molecule has 0 aliphatic heterocycles. The maximum atomic E-state index is 12.8. The number of aromatic nitrogens is 3. The van der Waals surface area contributed by atoms with E-state index in [1.165, 1.54) is 10.2 Å². The van der Waals surface area contributed by atoms with Gasteiger partial charge in [0.05, 0.1) is 10.2 Å². The molecule has 1 aromatic carbocycles. The molecule has 3 heterocycles. The summed E-state index contributed by atoms with van der Waals surface area (Å²) in [5.74, 6) is 0.486. The van der Waals surface area contributed by atoms with Crippen LogP contribution in [0.2, 0.25) is 0 Å². The summed E-state index contributed by atoms with van der Waals surface area (Å²) in [7, 11) is 0. The van der Waals surface area contributed by atoms with E-state index < -0.39 is 0 Å². The van der Waals surface area contributed by atoms with Crippen molar-refractivity contribution in [2.24, 2.45) is 0 Å². The number of rotatable bonds is 6. The first kappa shape index (κ1) is 18.4. The van der Waals surface area contributed by atoms with E-state index in [9.17, 15) is 9.59 Å². The van der Waals surface area contributed by atoms with Crippen LogP contribution in [0, 0.1) is 6.92 Å². The topological polar surface area (TPSA) is 68.4 Å². The lowest BCUT2D eigenvalue weighted by atomic mass is 10.1. The Bertz CT molecular complexity index is 1190. The SMILES string of the molecule is Cc1nn(CC(=O)N[C@H](C)CCc2ccccc2)c(=O)c2cc3sccc3n12. The Labute approximate surface area is 166 Å². The van der Waals surface area contributed by atoms with Gasteiger partial charge >= 0.3 is 0 Å². The van der Waals surface area contributed by atoms with Crippen LogP contribution in [0.4, 0.5) is 0 Å². The first-order valence-corrected chi connectivity index (χ1v) is 10.2. The Morgan fingerprint density at radius 2 is 2.00 bits per heavy atom. The molecule has 0 saturated carbocycles. The number of hydrogen-bond donors (Lipinski definition) is 1. The summed E-state index contributed by atoms with van der Waals surface area (Å²) in [6.07, 6.45) is 1.73. The van der Waals surface area contributed by atoms with E-state index in [2.05, 4.69) is 22.5 Å². The van der Waals surface area contributed by atoms with Gasteiger partial charge in [0.25, 0.3) is 5.56 Å². The molecule has 3 aromatic heterocycles. The predicted octanol–water partition coefficient (Wildman–Crippen LogP) is 3.16. The summed E-state index contributed by atoms with van der Waals surface area (Å²) in [4.78, 5) is 25.2. The van der Waals surface area contributed by atoms with E-state index in [-0.39, 0.29) is 24.1 Å². The number of thiophene rings is 1. The van der Waals surface area contributed by atoms with Crippen molar-refractivity contribution in [3.8, 4) is 0 Å². The van der Waals surface area contributed by atoms with Crippen LogP contribution in [-0.2, 0) is 17.8 Å². The van der Waals surface area contributed by atoms with Gasteiger partial charge in [0.2, 0.25) is 5.91 Å². The molecular formula is C21H22N4O2S. The number of nitrogens with one attached hydrogen (secondary N) is 1. The van der Waals surface area contributed by atoms with Gasteiger partial charge in [0.1, 0.15) is 17.9 Å². The quantitative estimate of drug-likeness (QED) is 0.546. The second kappa shape index (κ2) is 7.59.